The number of aliphatic hydroxyl groups excluding tert-OH is 2. The molecule has 0 aromatic heterocycles. The van der Waals surface area contributed by atoms with Gasteiger partial charge in [0.2, 0.25) is 0 Å². The van der Waals surface area contributed by atoms with Crippen LogP contribution in [0.4, 0.5) is 0 Å². The zero-order valence-corrected chi connectivity index (χ0v) is 12.2. The molecule has 4 unspecified atom stereocenters. The lowest BCUT2D eigenvalue weighted by Crippen LogP contribution is -2.57. The van der Waals surface area contributed by atoms with Crippen molar-refractivity contribution in [3.05, 3.63) is 17.7 Å². The van der Waals surface area contributed by atoms with Crippen LogP contribution in [0.2, 0.25) is 0 Å². The maximum atomic E-state index is 12.1. The van der Waals surface area contributed by atoms with Crippen LogP contribution in [-0.2, 0) is 9.53 Å². The Balaban J connectivity index is 2.27. The van der Waals surface area contributed by atoms with Gasteiger partial charge in [-0.2, -0.15) is 0 Å². The summed E-state index contributed by atoms with van der Waals surface area (Å²) in [6.07, 6.45) is -6.37. The largest absolute Gasteiger partial charge is 0.507 e. The molecular weight excluding hydrogens is 328 g/mol. The molecule has 24 heavy (non-hydrogen) atoms. The molecule has 10 nitrogen and oxygen atoms in total. The maximum Gasteiger partial charge on any atom is 0.346 e. The van der Waals surface area contributed by atoms with Crippen LogP contribution in [0, 0.1) is 0 Å². The number of esters is 1. The molecule has 0 heterocycles. The topological polar surface area (TPSA) is 185 Å². The molecule has 0 amide bonds. The summed E-state index contributed by atoms with van der Waals surface area (Å²) in [6, 6.07) is 1.83. The van der Waals surface area contributed by atoms with Crippen LogP contribution in [0.1, 0.15) is 23.2 Å². The van der Waals surface area contributed by atoms with Gasteiger partial charge in [-0.05, 0) is 12.1 Å². The molecule has 1 fully saturated rings. The minimum atomic E-state index is -2.42. The Morgan fingerprint density at radius 1 is 1.08 bits per heavy atom. The van der Waals surface area contributed by atoms with Gasteiger partial charge in [0.1, 0.15) is 23.5 Å². The Hall–Kier alpha value is -2.56. The number of ether oxygens (including phenoxy) is 1. The number of carbonyl (C=O) groups is 2. The molecule has 7 N–H and O–H groups in total. The van der Waals surface area contributed by atoms with Crippen LogP contribution in [0.5, 0.6) is 17.2 Å². The van der Waals surface area contributed by atoms with Crippen molar-refractivity contribution in [2.75, 3.05) is 0 Å². The van der Waals surface area contributed by atoms with Gasteiger partial charge in [-0.15, -0.1) is 0 Å². The van der Waals surface area contributed by atoms with Crippen LogP contribution < -0.4 is 0 Å². The fraction of sp³-hybridized carbons (Fsp3) is 0.429. The molecule has 1 aliphatic rings. The summed E-state index contributed by atoms with van der Waals surface area (Å²) in [5.74, 6) is -5.47. The van der Waals surface area contributed by atoms with Gasteiger partial charge < -0.3 is 40.5 Å². The first-order valence-corrected chi connectivity index (χ1v) is 6.83. The summed E-state index contributed by atoms with van der Waals surface area (Å²) < 4.78 is 4.82. The molecule has 10 heteroatoms. The van der Waals surface area contributed by atoms with Gasteiger partial charge in [0, 0.05) is 12.8 Å². The molecule has 2 rings (SSSR count). The Bertz CT molecular complexity index is 672. The van der Waals surface area contributed by atoms with E-state index in [1.54, 1.807) is 0 Å². The summed E-state index contributed by atoms with van der Waals surface area (Å²) in [5.41, 5.74) is -3.23. The molecule has 132 valence electrons. The van der Waals surface area contributed by atoms with E-state index in [1.165, 1.54) is 0 Å². The van der Waals surface area contributed by atoms with E-state index < -0.39 is 71.5 Å². The fourth-order valence-electron chi connectivity index (χ4n) is 2.50. The highest BCUT2D eigenvalue weighted by molar-refractivity contribution is 5.96. The van der Waals surface area contributed by atoms with Gasteiger partial charge in [0.25, 0.3) is 0 Å². The normalized spacial score (nSPS) is 29.9. The van der Waals surface area contributed by atoms with Gasteiger partial charge in [0.15, 0.2) is 17.1 Å². The van der Waals surface area contributed by atoms with Gasteiger partial charge in [-0.1, -0.05) is 0 Å². The van der Waals surface area contributed by atoms with E-state index in [0.29, 0.717) is 0 Å². The molecule has 4 atom stereocenters. The SMILES string of the molecule is O=C(OC1CC(O)(C(=O)O)CC(O)C1O)c1c(O)ccc(O)c1O. The number of hydrogen-bond acceptors (Lipinski definition) is 9. The number of carboxylic acid groups (broad SMARTS) is 1. The van der Waals surface area contributed by atoms with E-state index in [-0.39, 0.29) is 0 Å². The first-order chi connectivity index (χ1) is 11.1. The van der Waals surface area contributed by atoms with Crippen LogP contribution in [-0.4, -0.2) is 71.6 Å². The van der Waals surface area contributed by atoms with Gasteiger partial charge in [-0.25, -0.2) is 9.59 Å². The highest BCUT2D eigenvalue weighted by Gasteiger charge is 2.50. The Morgan fingerprint density at radius 3 is 2.25 bits per heavy atom. The highest BCUT2D eigenvalue weighted by atomic mass is 16.6. The number of phenols is 3. The van der Waals surface area contributed by atoms with Crippen molar-refractivity contribution in [3.8, 4) is 17.2 Å². The monoisotopic (exact) mass is 344 g/mol. The minimum Gasteiger partial charge on any atom is -0.507 e. The third-order valence-electron chi connectivity index (χ3n) is 3.86. The van der Waals surface area contributed by atoms with E-state index in [2.05, 4.69) is 0 Å². The minimum absolute atomic E-state index is 0.666. The Labute approximate surface area is 134 Å². The molecule has 0 bridgehead atoms. The maximum absolute atomic E-state index is 12.1. The molecular formula is C14H16O10. The summed E-state index contributed by atoms with van der Waals surface area (Å²) in [5, 5.41) is 67.0. The number of rotatable bonds is 3. The third kappa shape index (κ3) is 3.07. The molecule has 0 aliphatic heterocycles. The van der Waals surface area contributed by atoms with Crippen molar-refractivity contribution in [1.29, 1.82) is 0 Å². The van der Waals surface area contributed by atoms with Gasteiger partial charge >= 0.3 is 11.9 Å². The molecule has 1 aromatic rings. The van der Waals surface area contributed by atoms with Gasteiger partial charge in [0.05, 0.1) is 6.10 Å². The molecule has 0 saturated heterocycles. The summed E-state index contributed by atoms with van der Waals surface area (Å²) in [4.78, 5) is 23.2. The van der Waals surface area contributed by atoms with Crippen molar-refractivity contribution in [1.82, 2.24) is 0 Å². The van der Waals surface area contributed by atoms with Crippen LogP contribution in [0.15, 0.2) is 12.1 Å². The second kappa shape index (κ2) is 6.15. The number of aliphatic carboxylic acids is 1. The van der Waals surface area contributed by atoms with E-state index in [9.17, 15) is 40.2 Å². The lowest BCUT2D eigenvalue weighted by atomic mass is 9.79. The first kappa shape index (κ1) is 17.8. The number of benzene rings is 1. The second-order valence-corrected chi connectivity index (χ2v) is 5.57. The third-order valence-corrected chi connectivity index (χ3v) is 3.86. The standard InChI is InChI=1S/C14H16O10/c15-5-1-2-6(16)11(19)9(5)12(20)24-8-4-14(23,13(21)22)3-7(17)10(8)18/h1-2,7-8,10,15-19,23H,3-4H2,(H,21,22). The van der Waals surface area contributed by atoms with Crippen LogP contribution in [0.25, 0.3) is 0 Å². The van der Waals surface area contributed by atoms with E-state index >= 15 is 0 Å². The van der Waals surface area contributed by atoms with Crippen molar-refractivity contribution in [3.63, 3.8) is 0 Å². The second-order valence-electron chi connectivity index (χ2n) is 5.57. The predicted molar refractivity (Wildman–Crippen MR) is 74.5 cm³/mol. The van der Waals surface area contributed by atoms with Crippen molar-refractivity contribution >= 4 is 11.9 Å². The Kier molecular flexibility index (Phi) is 4.56. The summed E-state index contributed by atoms with van der Waals surface area (Å²) in [6.45, 7) is 0. The number of phenolic OH excluding ortho intramolecular Hbond substituents is 3. The van der Waals surface area contributed by atoms with Gasteiger partial charge in [-0.3, -0.25) is 0 Å². The highest BCUT2D eigenvalue weighted by Crippen LogP contribution is 2.37. The average molecular weight is 344 g/mol. The smallest absolute Gasteiger partial charge is 0.346 e. The van der Waals surface area contributed by atoms with E-state index in [1.807, 2.05) is 0 Å². The zero-order chi connectivity index (χ0) is 18.2. The number of carbonyl (C=O) groups excluding carboxylic acids is 1. The zero-order valence-electron chi connectivity index (χ0n) is 12.2. The van der Waals surface area contributed by atoms with Crippen LogP contribution >= 0.6 is 0 Å². The molecule has 1 aromatic carbocycles. The average Bonchev–Trinajstić information content (AvgIpc) is 2.48. The molecule has 0 spiro atoms. The lowest BCUT2D eigenvalue weighted by Gasteiger charge is -2.39. The lowest BCUT2D eigenvalue weighted by molar-refractivity contribution is -0.187. The number of aromatic hydroxyl groups is 3. The van der Waals surface area contributed by atoms with Crippen molar-refractivity contribution in [2.24, 2.45) is 0 Å². The summed E-state index contributed by atoms with van der Waals surface area (Å²) in [7, 11) is 0. The van der Waals surface area contributed by atoms with Crippen molar-refractivity contribution < 1.29 is 50.1 Å². The molecule has 1 aliphatic carbocycles. The quantitative estimate of drug-likeness (QED) is 0.197. The first-order valence-electron chi connectivity index (χ1n) is 6.83. The fourth-order valence-corrected chi connectivity index (χ4v) is 2.50. The molecule has 1 saturated carbocycles. The number of carboxylic acids is 1. The van der Waals surface area contributed by atoms with Crippen LogP contribution in [0.3, 0.4) is 0 Å². The Morgan fingerprint density at radius 2 is 1.67 bits per heavy atom. The van der Waals surface area contributed by atoms with E-state index in [0.717, 1.165) is 12.1 Å². The predicted octanol–water partition coefficient (Wildman–Crippen LogP) is -1.34. The molecule has 0 radical (unpaired) electrons. The summed E-state index contributed by atoms with van der Waals surface area (Å²) >= 11 is 0. The number of aliphatic hydroxyl groups is 3. The van der Waals surface area contributed by atoms with Crippen molar-refractivity contribution in [2.45, 2.75) is 36.8 Å². The van der Waals surface area contributed by atoms with E-state index in [4.69, 9.17) is 9.84 Å². The number of hydrogen-bond donors (Lipinski definition) is 7.